The lowest BCUT2D eigenvalue weighted by atomic mass is 10.0. The SMILES string of the molecule is CNC(C)(CN(CC(F)(F)F)C1CC1)C(N)=O. The summed E-state index contributed by atoms with van der Waals surface area (Å²) < 4.78 is 37.2. The molecule has 1 amide bonds. The van der Waals surface area contributed by atoms with E-state index >= 15 is 0 Å². The van der Waals surface area contributed by atoms with E-state index in [2.05, 4.69) is 5.32 Å². The summed E-state index contributed by atoms with van der Waals surface area (Å²) >= 11 is 0. The molecule has 3 N–H and O–H groups in total. The monoisotopic (exact) mass is 253 g/mol. The second-order valence-corrected chi connectivity index (χ2v) is 4.70. The molecule has 0 radical (unpaired) electrons. The number of amides is 1. The number of carbonyl (C=O) groups excluding carboxylic acids is 1. The Bertz CT molecular complexity index is 291. The van der Waals surface area contributed by atoms with Crippen molar-refractivity contribution in [3.05, 3.63) is 0 Å². The van der Waals surface area contributed by atoms with Crippen LogP contribution in [-0.2, 0) is 4.79 Å². The van der Waals surface area contributed by atoms with Gasteiger partial charge in [-0.15, -0.1) is 0 Å². The Morgan fingerprint density at radius 2 is 1.94 bits per heavy atom. The lowest BCUT2D eigenvalue weighted by molar-refractivity contribution is -0.151. The van der Waals surface area contributed by atoms with Gasteiger partial charge in [-0.3, -0.25) is 9.69 Å². The summed E-state index contributed by atoms with van der Waals surface area (Å²) in [5, 5.41) is 2.69. The van der Waals surface area contributed by atoms with Crippen LogP contribution in [0.25, 0.3) is 0 Å². The summed E-state index contributed by atoms with van der Waals surface area (Å²) in [6.45, 7) is 0.492. The molecule has 1 rings (SSSR count). The molecule has 0 aromatic rings. The molecule has 0 aromatic heterocycles. The van der Waals surface area contributed by atoms with Gasteiger partial charge < -0.3 is 11.1 Å². The lowest BCUT2D eigenvalue weighted by Gasteiger charge is -2.33. The van der Waals surface area contributed by atoms with Gasteiger partial charge in [0.15, 0.2) is 0 Å². The minimum absolute atomic E-state index is 0.0248. The Balaban J connectivity index is 2.69. The summed E-state index contributed by atoms with van der Waals surface area (Å²) in [6, 6.07) is -0.0800. The van der Waals surface area contributed by atoms with Gasteiger partial charge in [-0.25, -0.2) is 0 Å². The normalized spacial score (nSPS) is 20.4. The molecule has 17 heavy (non-hydrogen) atoms. The molecule has 0 heterocycles. The van der Waals surface area contributed by atoms with Gasteiger partial charge in [-0.2, -0.15) is 13.2 Å². The molecular formula is C10H18F3N3O. The van der Waals surface area contributed by atoms with Crippen LogP contribution in [0, 0.1) is 0 Å². The van der Waals surface area contributed by atoms with Crippen molar-refractivity contribution in [1.82, 2.24) is 10.2 Å². The third-order valence-electron chi connectivity index (χ3n) is 3.06. The van der Waals surface area contributed by atoms with Crippen LogP contribution in [-0.4, -0.2) is 48.7 Å². The number of hydrogen-bond acceptors (Lipinski definition) is 3. The number of halogens is 3. The maximum Gasteiger partial charge on any atom is 0.401 e. The number of hydrogen-bond donors (Lipinski definition) is 2. The van der Waals surface area contributed by atoms with E-state index in [1.54, 1.807) is 0 Å². The largest absolute Gasteiger partial charge is 0.401 e. The van der Waals surface area contributed by atoms with Crippen molar-refractivity contribution >= 4 is 5.91 Å². The number of rotatable bonds is 6. The molecule has 1 atom stereocenters. The van der Waals surface area contributed by atoms with Crippen molar-refractivity contribution in [2.24, 2.45) is 5.73 Å². The molecule has 4 nitrogen and oxygen atoms in total. The van der Waals surface area contributed by atoms with Gasteiger partial charge in [0.1, 0.15) is 5.54 Å². The summed E-state index contributed by atoms with van der Waals surface area (Å²) in [6.07, 6.45) is -2.77. The molecule has 7 heteroatoms. The summed E-state index contributed by atoms with van der Waals surface area (Å²) in [5.41, 5.74) is 4.07. The molecular weight excluding hydrogens is 235 g/mol. The molecule has 1 unspecified atom stereocenters. The van der Waals surface area contributed by atoms with Crippen molar-refractivity contribution in [3.8, 4) is 0 Å². The zero-order valence-electron chi connectivity index (χ0n) is 9.97. The first-order chi connectivity index (χ1) is 7.68. The Morgan fingerprint density at radius 3 is 2.24 bits per heavy atom. The summed E-state index contributed by atoms with van der Waals surface area (Å²) in [7, 11) is 1.52. The Morgan fingerprint density at radius 1 is 1.41 bits per heavy atom. The van der Waals surface area contributed by atoms with Crippen molar-refractivity contribution < 1.29 is 18.0 Å². The van der Waals surface area contributed by atoms with E-state index in [9.17, 15) is 18.0 Å². The first-order valence-electron chi connectivity index (χ1n) is 5.47. The number of nitrogens with zero attached hydrogens (tertiary/aromatic N) is 1. The summed E-state index contributed by atoms with van der Waals surface area (Å²) in [5.74, 6) is -0.646. The van der Waals surface area contributed by atoms with E-state index in [4.69, 9.17) is 5.73 Å². The van der Waals surface area contributed by atoms with Crippen LogP contribution in [0.15, 0.2) is 0 Å². The highest BCUT2D eigenvalue weighted by Gasteiger charge is 2.42. The first kappa shape index (κ1) is 14.2. The average Bonchev–Trinajstić information content (AvgIpc) is 2.97. The number of alkyl halides is 3. The predicted molar refractivity (Wildman–Crippen MR) is 57.3 cm³/mol. The van der Waals surface area contributed by atoms with E-state index in [0.29, 0.717) is 0 Å². The molecule has 0 saturated heterocycles. The van der Waals surface area contributed by atoms with E-state index in [-0.39, 0.29) is 12.6 Å². The van der Waals surface area contributed by atoms with Gasteiger partial charge in [0, 0.05) is 12.6 Å². The van der Waals surface area contributed by atoms with E-state index in [1.165, 1.54) is 18.9 Å². The van der Waals surface area contributed by atoms with Crippen LogP contribution in [0.5, 0.6) is 0 Å². The van der Waals surface area contributed by atoms with Gasteiger partial charge in [0.25, 0.3) is 0 Å². The maximum atomic E-state index is 12.4. The fourth-order valence-corrected chi connectivity index (χ4v) is 1.67. The molecule has 100 valence electrons. The molecule has 1 aliphatic rings. The van der Waals surface area contributed by atoms with Gasteiger partial charge >= 0.3 is 6.18 Å². The zero-order valence-corrected chi connectivity index (χ0v) is 9.97. The van der Waals surface area contributed by atoms with Gasteiger partial charge in [0.05, 0.1) is 6.54 Å². The second-order valence-electron chi connectivity index (χ2n) is 4.70. The Labute approximate surface area is 98.3 Å². The maximum absolute atomic E-state index is 12.4. The molecule has 0 aromatic carbocycles. The molecule has 0 spiro atoms. The fraction of sp³-hybridized carbons (Fsp3) is 0.900. The van der Waals surface area contributed by atoms with Crippen LogP contribution >= 0.6 is 0 Å². The third kappa shape index (κ3) is 4.16. The summed E-state index contributed by atoms with van der Waals surface area (Å²) in [4.78, 5) is 12.5. The topological polar surface area (TPSA) is 58.4 Å². The average molecular weight is 253 g/mol. The molecule has 0 bridgehead atoms. The molecule has 1 fully saturated rings. The highest BCUT2D eigenvalue weighted by Crippen LogP contribution is 2.31. The van der Waals surface area contributed by atoms with Gasteiger partial charge in [-0.05, 0) is 26.8 Å². The van der Waals surface area contributed by atoms with Crippen molar-refractivity contribution in [2.45, 2.75) is 37.5 Å². The number of primary amides is 1. The molecule has 1 saturated carbocycles. The third-order valence-corrected chi connectivity index (χ3v) is 3.06. The van der Waals surface area contributed by atoms with Gasteiger partial charge in [-0.1, -0.05) is 0 Å². The number of likely N-dealkylation sites (N-methyl/N-ethyl adjacent to an activating group) is 1. The van der Waals surface area contributed by atoms with E-state index < -0.39 is 24.2 Å². The van der Waals surface area contributed by atoms with Crippen molar-refractivity contribution in [2.75, 3.05) is 20.1 Å². The van der Waals surface area contributed by atoms with E-state index in [0.717, 1.165) is 12.8 Å². The Hall–Kier alpha value is -0.820. The van der Waals surface area contributed by atoms with Crippen LogP contribution in [0.4, 0.5) is 13.2 Å². The van der Waals surface area contributed by atoms with E-state index in [1.807, 2.05) is 0 Å². The van der Waals surface area contributed by atoms with Crippen molar-refractivity contribution in [1.29, 1.82) is 0 Å². The minimum atomic E-state index is -4.26. The minimum Gasteiger partial charge on any atom is -0.368 e. The number of nitrogens with two attached hydrogens (primary N) is 1. The van der Waals surface area contributed by atoms with Crippen molar-refractivity contribution in [3.63, 3.8) is 0 Å². The Kier molecular flexibility index (Phi) is 4.03. The first-order valence-corrected chi connectivity index (χ1v) is 5.47. The quantitative estimate of drug-likeness (QED) is 0.723. The molecule has 1 aliphatic carbocycles. The lowest BCUT2D eigenvalue weighted by Crippen LogP contribution is -2.59. The number of nitrogens with one attached hydrogen (secondary N) is 1. The van der Waals surface area contributed by atoms with Crippen LogP contribution in [0.3, 0.4) is 0 Å². The van der Waals surface area contributed by atoms with Crippen LogP contribution in [0.1, 0.15) is 19.8 Å². The second kappa shape index (κ2) is 4.81. The fourth-order valence-electron chi connectivity index (χ4n) is 1.67. The van der Waals surface area contributed by atoms with Crippen LogP contribution < -0.4 is 11.1 Å². The highest BCUT2D eigenvalue weighted by atomic mass is 19.4. The molecule has 0 aliphatic heterocycles. The van der Waals surface area contributed by atoms with Gasteiger partial charge in [0.2, 0.25) is 5.91 Å². The predicted octanol–water partition coefficient (Wildman–Crippen LogP) is 0.477. The zero-order chi connectivity index (χ0) is 13.3. The highest BCUT2D eigenvalue weighted by molar-refractivity contribution is 5.84. The standard InChI is InChI=1S/C10H18F3N3O/c1-9(15-2,8(14)17)5-16(7-3-4-7)6-10(11,12)13/h7,15H,3-6H2,1-2H3,(H2,14,17). The number of carbonyl (C=O) groups is 1. The smallest absolute Gasteiger partial charge is 0.368 e. The van der Waals surface area contributed by atoms with Crippen LogP contribution in [0.2, 0.25) is 0 Å².